The summed E-state index contributed by atoms with van der Waals surface area (Å²) in [6.07, 6.45) is 0. The molecule has 1 aliphatic rings. The van der Waals surface area contributed by atoms with E-state index in [4.69, 9.17) is 15.2 Å². The van der Waals surface area contributed by atoms with Crippen molar-refractivity contribution in [3.8, 4) is 0 Å². The number of anilines is 2. The maximum atomic E-state index is 11.9. The average molecular weight is 293 g/mol. The third kappa shape index (κ3) is 4.34. The lowest BCUT2D eigenvalue weighted by Gasteiger charge is -2.27. The molecule has 0 aliphatic carbocycles. The third-order valence-corrected chi connectivity index (χ3v) is 3.43. The van der Waals surface area contributed by atoms with Gasteiger partial charge in [0.1, 0.15) is 0 Å². The Balaban J connectivity index is 1.96. The number of nitrogen functional groups attached to an aromatic ring is 1. The number of carbonyl (C=O) groups excluding carboxylic acids is 1. The van der Waals surface area contributed by atoms with Gasteiger partial charge in [-0.05, 0) is 19.1 Å². The number of benzene rings is 1. The molecule has 0 bridgehead atoms. The molecule has 1 aliphatic heterocycles. The summed E-state index contributed by atoms with van der Waals surface area (Å²) in [5, 5.41) is 3.26. The van der Waals surface area contributed by atoms with E-state index < -0.39 is 0 Å². The molecule has 6 nitrogen and oxygen atoms in total. The summed E-state index contributed by atoms with van der Waals surface area (Å²) in [7, 11) is 0. The molecule has 2 rings (SSSR count). The van der Waals surface area contributed by atoms with Gasteiger partial charge in [-0.25, -0.2) is 4.79 Å². The number of nitrogens with zero attached hydrogens (tertiary/aromatic N) is 1. The van der Waals surface area contributed by atoms with Crippen molar-refractivity contribution in [3.05, 3.63) is 23.8 Å². The maximum absolute atomic E-state index is 11.9. The van der Waals surface area contributed by atoms with E-state index in [1.807, 2.05) is 0 Å². The second-order valence-electron chi connectivity index (χ2n) is 4.87. The second-order valence-corrected chi connectivity index (χ2v) is 4.87. The number of carbonyl (C=O) groups is 1. The molecule has 0 aromatic heterocycles. The molecule has 0 unspecified atom stereocenters. The number of rotatable bonds is 6. The highest BCUT2D eigenvalue weighted by Crippen LogP contribution is 2.24. The number of para-hydroxylation sites is 1. The van der Waals surface area contributed by atoms with Gasteiger partial charge in [0.25, 0.3) is 0 Å². The van der Waals surface area contributed by atoms with Crippen LogP contribution < -0.4 is 11.1 Å². The minimum atomic E-state index is -0.348. The first kappa shape index (κ1) is 15.6. The van der Waals surface area contributed by atoms with Crippen molar-refractivity contribution in [2.24, 2.45) is 0 Å². The molecule has 1 heterocycles. The van der Waals surface area contributed by atoms with E-state index in [1.165, 1.54) is 0 Å². The quantitative estimate of drug-likeness (QED) is 0.606. The van der Waals surface area contributed by atoms with Gasteiger partial charge in [-0.3, -0.25) is 4.90 Å². The Morgan fingerprint density at radius 3 is 2.90 bits per heavy atom. The molecule has 0 amide bonds. The van der Waals surface area contributed by atoms with E-state index in [0.717, 1.165) is 39.4 Å². The fourth-order valence-corrected chi connectivity index (χ4v) is 2.31. The van der Waals surface area contributed by atoms with Crippen LogP contribution in [0.1, 0.15) is 17.3 Å². The Bertz CT molecular complexity index is 473. The Morgan fingerprint density at radius 1 is 1.43 bits per heavy atom. The van der Waals surface area contributed by atoms with Gasteiger partial charge in [-0.2, -0.15) is 0 Å². The first-order valence-electron chi connectivity index (χ1n) is 7.32. The zero-order valence-corrected chi connectivity index (χ0v) is 12.4. The normalized spacial score (nSPS) is 15.7. The lowest BCUT2D eigenvalue weighted by molar-refractivity contribution is 0.0398. The number of esters is 1. The van der Waals surface area contributed by atoms with Crippen LogP contribution in [0.15, 0.2) is 18.2 Å². The standard InChI is InChI=1S/C15H23N3O3/c1-2-21-15(19)12-4-3-5-13(16)14(12)17-6-7-18-8-10-20-11-9-18/h3-5,17H,2,6-11,16H2,1H3. The molecule has 6 heteroatoms. The van der Waals surface area contributed by atoms with Crippen LogP contribution >= 0.6 is 0 Å². The number of ether oxygens (including phenoxy) is 2. The molecule has 1 fully saturated rings. The second kappa shape index (κ2) is 7.85. The van der Waals surface area contributed by atoms with E-state index >= 15 is 0 Å². The zero-order valence-electron chi connectivity index (χ0n) is 12.4. The van der Waals surface area contributed by atoms with Crippen molar-refractivity contribution in [2.75, 3.05) is 57.1 Å². The summed E-state index contributed by atoms with van der Waals surface area (Å²) >= 11 is 0. The Labute approximate surface area is 125 Å². The fourth-order valence-electron chi connectivity index (χ4n) is 2.31. The van der Waals surface area contributed by atoms with Crippen molar-refractivity contribution >= 4 is 17.3 Å². The van der Waals surface area contributed by atoms with Crippen LogP contribution in [0.4, 0.5) is 11.4 Å². The molecular formula is C15H23N3O3. The lowest BCUT2D eigenvalue weighted by atomic mass is 10.1. The van der Waals surface area contributed by atoms with Crippen molar-refractivity contribution in [3.63, 3.8) is 0 Å². The highest BCUT2D eigenvalue weighted by atomic mass is 16.5. The Morgan fingerprint density at radius 2 is 2.19 bits per heavy atom. The summed E-state index contributed by atoms with van der Waals surface area (Å²) in [5.41, 5.74) is 7.67. The van der Waals surface area contributed by atoms with Gasteiger partial charge in [-0.1, -0.05) is 6.07 Å². The summed E-state index contributed by atoms with van der Waals surface area (Å²) in [6.45, 7) is 7.19. The number of nitrogens with two attached hydrogens (primary N) is 1. The van der Waals surface area contributed by atoms with Crippen molar-refractivity contribution in [1.82, 2.24) is 4.90 Å². The topological polar surface area (TPSA) is 76.8 Å². The molecule has 0 atom stereocenters. The highest BCUT2D eigenvalue weighted by Gasteiger charge is 2.15. The van der Waals surface area contributed by atoms with Crippen LogP contribution in [0.25, 0.3) is 0 Å². The lowest BCUT2D eigenvalue weighted by Crippen LogP contribution is -2.39. The van der Waals surface area contributed by atoms with Gasteiger partial charge < -0.3 is 20.5 Å². The Hall–Kier alpha value is -1.79. The van der Waals surface area contributed by atoms with E-state index in [1.54, 1.807) is 25.1 Å². The number of morpholine rings is 1. The van der Waals surface area contributed by atoms with Gasteiger partial charge >= 0.3 is 5.97 Å². The molecule has 21 heavy (non-hydrogen) atoms. The number of hydrogen-bond donors (Lipinski definition) is 2. The maximum Gasteiger partial charge on any atom is 0.340 e. The number of hydrogen-bond acceptors (Lipinski definition) is 6. The van der Waals surface area contributed by atoms with Gasteiger partial charge in [-0.15, -0.1) is 0 Å². The minimum Gasteiger partial charge on any atom is -0.462 e. The summed E-state index contributed by atoms with van der Waals surface area (Å²) < 4.78 is 10.4. The molecular weight excluding hydrogens is 270 g/mol. The zero-order chi connectivity index (χ0) is 15.1. The largest absolute Gasteiger partial charge is 0.462 e. The van der Waals surface area contributed by atoms with Crippen LogP contribution in [0.3, 0.4) is 0 Å². The summed E-state index contributed by atoms with van der Waals surface area (Å²) in [6, 6.07) is 5.26. The number of nitrogens with one attached hydrogen (secondary N) is 1. The van der Waals surface area contributed by atoms with Gasteiger partial charge in [0.15, 0.2) is 0 Å². The first-order valence-corrected chi connectivity index (χ1v) is 7.32. The van der Waals surface area contributed by atoms with Crippen LogP contribution in [-0.4, -0.2) is 56.9 Å². The molecule has 1 aromatic carbocycles. The monoisotopic (exact) mass is 293 g/mol. The molecule has 0 spiro atoms. The van der Waals surface area contributed by atoms with Crippen LogP contribution in [0.2, 0.25) is 0 Å². The van der Waals surface area contributed by atoms with E-state index in [9.17, 15) is 4.79 Å². The van der Waals surface area contributed by atoms with Crippen molar-refractivity contribution < 1.29 is 14.3 Å². The van der Waals surface area contributed by atoms with Crippen LogP contribution in [0, 0.1) is 0 Å². The average Bonchev–Trinajstić information content (AvgIpc) is 2.50. The van der Waals surface area contributed by atoms with Crippen LogP contribution in [0.5, 0.6) is 0 Å². The predicted molar refractivity (Wildman–Crippen MR) is 82.6 cm³/mol. The van der Waals surface area contributed by atoms with Gasteiger partial charge in [0.2, 0.25) is 0 Å². The molecule has 0 radical (unpaired) electrons. The molecule has 116 valence electrons. The van der Waals surface area contributed by atoms with Crippen LogP contribution in [-0.2, 0) is 9.47 Å². The predicted octanol–water partition coefficient (Wildman–Crippen LogP) is 1.19. The highest BCUT2D eigenvalue weighted by molar-refractivity contribution is 5.98. The molecule has 1 aromatic rings. The minimum absolute atomic E-state index is 0.348. The molecule has 3 N–H and O–H groups in total. The SMILES string of the molecule is CCOC(=O)c1cccc(N)c1NCCN1CCOCC1. The summed E-state index contributed by atoms with van der Waals surface area (Å²) in [4.78, 5) is 14.3. The van der Waals surface area contributed by atoms with Gasteiger partial charge in [0.05, 0.1) is 36.8 Å². The van der Waals surface area contributed by atoms with Gasteiger partial charge in [0, 0.05) is 26.2 Å². The molecule has 0 saturated carbocycles. The van der Waals surface area contributed by atoms with Crippen molar-refractivity contribution in [2.45, 2.75) is 6.92 Å². The van der Waals surface area contributed by atoms with E-state index in [-0.39, 0.29) is 5.97 Å². The van der Waals surface area contributed by atoms with E-state index in [2.05, 4.69) is 10.2 Å². The summed E-state index contributed by atoms with van der Waals surface area (Å²) in [5.74, 6) is -0.348. The smallest absolute Gasteiger partial charge is 0.340 e. The molecule has 1 saturated heterocycles. The first-order chi connectivity index (χ1) is 10.2. The van der Waals surface area contributed by atoms with Crippen molar-refractivity contribution in [1.29, 1.82) is 0 Å². The fraction of sp³-hybridized carbons (Fsp3) is 0.533. The third-order valence-electron chi connectivity index (χ3n) is 3.43. The van der Waals surface area contributed by atoms with E-state index in [0.29, 0.717) is 23.5 Å². The Kier molecular flexibility index (Phi) is 5.83.